The molecule has 27 heavy (non-hydrogen) atoms. The standard InChI is InChI=1S/C21H33FN4O/c1-5-23-21(25-18-10-12-26(13-11-18)15-16(2)3)24-14-17(4)27-20-9-7-6-8-19(20)22/h6-9,17-18H,2,5,10-15H2,1,3-4H3,(H2,23,24,25). The minimum absolute atomic E-state index is 0.213. The fraction of sp³-hybridized carbons (Fsp3) is 0.571. The van der Waals surface area contributed by atoms with Crippen molar-refractivity contribution in [3.8, 4) is 5.75 Å². The van der Waals surface area contributed by atoms with Crippen molar-refractivity contribution in [1.82, 2.24) is 15.5 Å². The Morgan fingerprint density at radius 2 is 2.07 bits per heavy atom. The van der Waals surface area contributed by atoms with Gasteiger partial charge in [0.1, 0.15) is 6.10 Å². The molecule has 0 radical (unpaired) electrons. The van der Waals surface area contributed by atoms with Gasteiger partial charge < -0.3 is 15.4 Å². The van der Waals surface area contributed by atoms with Crippen LogP contribution >= 0.6 is 0 Å². The molecule has 1 atom stereocenters. The highest BCUT2D eigenvalue weighted by Gasteiger charge is 2.20. The van der Waals surface area contributed by atoms with E-state index in [2.05, 4.69) is 34.0 Å². The molecule has 0 saturated carbocycles. The van der Waals surface area contributed by atoms with E-state index in [0.717, 1.165) is 45.0 Å². The summed E-state index contributed by atoms with van der Waals surface area (Å²) >= 11 is 0. The van der Waals surface area contributed by atoms with Crippen LogP contribution in [0.4, 0.5) is 4.39 Å². The molecule has 1 unspecified atom stereocenters. The summed E-state index contributed by atoms with van der Waals surface area (Å²) in [5.74, 6) is 0.711. The number of hydrogen-bond acceptors (Lipinski definition) is 3. The van der Waals surface area contributed by atoms with E-state index in [1.807, 2.05) is 13.8 Å². The summed E-state index contributed by atoms with van der Waals surface area (Å²) in [4.78, 5) is 7.06. The van der Waals surface area contributed by atoms with Crippen molar-refractivity contribution in [2.24, 2.45) is 4.99 Å². The number of piperidine rings is 1. The quantitative estimate of drug-likeness (QED) is 0.416. The number of nitrogens with one attached hydrogen (secondary N) is 2. The second-order valence-corrected chi connectivity index (χ2v) is 7.23. The van der Waals surface area contributed by atoms with Gasteiger partial charge in [0.25, 0.3) is 0 Å². The summed E-state index contributed by atoms with van der Waals surface area (Å²) in [6, 6.07) is 6.86. The number of likely N-dealkylation sites (tertiary alicyclic amines) is 1. The zero-order valence-corrected chi connectivity index (χ0v) is 16.8. The van der Waals surface area contributed by atoms with Crippen molar-refractivity contribution in [2.75, 3.05) is 32.7 Å². The Balaban J connectivity index is 1.83. The van der Waals surface area contributed by atoms with Crippen LogP contribution in [0.2, 0.25) is 0 Å². The van der Waals surface area contributed by atoms with E-state index in [-0.39, 0.29) is 17.7 Å². The van der Waals surface area contributed by atoms with Crippen LogP contribution in [0, 0.1) is 5.82 Å². The lowest BCUT2D eigenvalue weighted by Gasteiger charge is -2.33. The summed E-state index contributed by atoms with van der Waals surface area (Å²) in [5.41, 5.74) is 1.21. The van der Waals surface area contributed by atoms with Crippen molar-refractivity contribution >= 4 is 5.96 Å². The normalized spacial score (nSPS) is 17.4. The van der Waals surface area contributed by atoms with E-state index in [9.17, 15) is 4.39 Å². The molecule has 1 aromatic carbocycles. The third kappa shape index (κ3) is 7.59. The van der Waals surface area contributed by atoms with Crippen molar-refractivity contribution in [1.29, 1.82) is 0 Å². The summed E-state index contributed by atoms with van der Waals surface area (Å²) in [7, 11) is 0. The molecule has 6 heteroatoms. The van der Waals surface area contributed by atoms with Crippen LogP contribution in [-0.2, 0) is 0 Å². The first-order valence-corrected chi connectivity index (χ1v) is 9.80. The van der Waals surface area contributed by atoms with Gasteiger partial charge in [0.05, 0.1) is 6.54 Å². The Kier molecular flexibility index (Phi) is 8.58. The van der Waals surface area contributed by atoms with E-state index >= 15 is 0 Å². The SMILES string of the molecule is C=C(C)CN1CCC(NC(=NCC(C)Oc2ccccc2F)NCC)CC1. The van der Waals surface area contributed by atoms with Gasteiger partial charge in [-0.25, -0.2) is 9.38 Å². The Labute approximate surface area is 162 Å². The van der Waals surface area contributed by atoms with Crippen LogP contribution in [0.15, 0.2) is 41.4 Å². The number of nitrogens with zero attached hydrogens (tertiary/aromatic N) is 2. The van der Waals surface area contributed by atoms with Crippen LogP contribution in [-0.4, -0.2) is 55.7 Å². The molecule has 1 aliphatic heterocycles. The molecular weight excluding hydrogens is 343 g/mol. The van der Waals surface area contributed by atoms with Crippen molar-refractivity contribution in [2.45, 2.75) is 45.8 Å². The smallest absolute Gasteiger partial charge is 0.191 e. The fourth-order valence-corrected chi connectivity index (χ4v) is 3.14. The first-order chi connectivity index (χ1) is 13.0. The van der Waals surface area contributed by atoms with Gasteiger partial charge in [-0.15, -0.1) is 0 Å². The number of rotatable bonds is 8. The Morgan fingerprint density at radius 3 is 2.70 bits per heavy atom. The van der Waals surface area contributed by atoms with Crippen molar-refractivity contribution < 1.29 is 9.13 Å². The van der Waals surface area contributed by atoms with Crippen LogP contribution in [0.3, 0.4) is 0 Å². The lowest BCUT2D eigenvalue weighted by Crippen LogP contribution is -2.49. The maximum atomic E-state index is 13.7. The Hall–Kier alpha value is -2.08. The molecule has 1 fully saturated rings. The summed E-state index contributed by atoms with van der Waals surface area (Å²) in [5, 5.41) is 6.81. The van der Waals surface area contributed by atoms with Crippen molar-refractivity contribution in [3.63, 3.8) is 0 Å². The molecule has 1 aliphatic rings. The first-order valence-electron chi connectivity index (χ1n) is 9.80. The van der Waals surface area contributed by atoms with Crippen LogP contribution in [0.25, 0.3) is 0 Å². The van der Waals surface area contributed by atoms with Crippen LogP contribution in [0.5, 0.6) is 5.75 Å². The molecule has 0 amide bonds. The van der Waals surface area contributed by atoms with E-state index in [1.165, 1.54) is 11.6 Å². The monoisotopic (exact) mass is 376 g/mol. The number of para-hydroxylation sites is 1. The number of halogens is 1. The van der Waals surface area contributed by atoms with Gasteiger partial charge in [-0.2, -0.15) is 0 Å². The first kappa shape index (κ1) is 21.2. The van der Waals surface area contributed by atoms with Crippen LogP contribution in [0.1, 0.15) is 33.6 Å². The minimum Gasteiger partial charge on any atom is -0.486 e. The zero-order chi connectivity index (χ0) is 19.6. The molecule has 1 saturated heterocycles. The molecule has 150 valence electrons. The number of guanidine groups is 1. The Bertz CT molecular complexity index is 626. The van der Waals surface area contributed by atoms with Gasteiger partial charge in [0, 0.05) is 32.2 Å². The summed E-state index contributed by atoms with van der Waals surface area (Å²) < 4.78 is 19.4. The number of aliphatic imine (C=N–C) groups is 1. The largest absolute Gasteiger partial charge is 0.486 e. The van der Waals surface area contributed by atoms with Gasteiger partial charge in [-0.1, -0.05) is 24.3 Å². The molecule has 2 N–H and O–H groups in total. The molecule has 0 bridgehead atoms. The maximum Gasteiger partial charge on any atom is 0.191 e. The summed E-state index contributed by atoms with van der Waals surface area (Å²) in [6.45, 7) is 14.4. The van der Waals surface area contributed by atoms with Gasteiger partial charge in [-0.3, -0.25) is 4.90 Å². The molecule has 1 heterocycles. The maximum absolute atomic E-state index is 13.7. The number of ether oxygens (including phenoxy) is 1. The third-order valence-electron chi connectivity index (χ3n) is 4.44. The van der Waals surface area contributed by atoms with Crippen molar-refractivity contribution in [3.05, 3.63) is 42.2 Å². The highest BCUT2D eigenvalue weighted by atomic mass is 19.1. The predicted octanol–water partition coefficient (Wildman–Crippen LogP) is 3.19. The van der Waals surface area contributed by atoms with E-state index in [4.69, 9.17) is 4.74 Å². The molecule has 0 aliphatic carbocycles. The van der Waals surface area contributed by atoms with E-state index in [0.29, 0.717) is 12.6 Å². The lowest BCUT2D eigenvalue weighted by molar-refractivity contribution is 0.217. The highest BCUT2D eigenvalue weighted by Crippen LogP contribution is 2.17. The average molecular weight is 377 g/mol. The highest BCUT2D eigenvalue weighted by molar-refractivity contribution is 5.80. The molecular formula is C21H33FN4O. The fourth-order valence-electron chi connectivity index (χ4n) is 3.14. The predicted molar refractivity (Wildman–Crippen MR) is 110 cm³/mol. The van der Waals surface area contributed by atoms with Gasteiger partial charge in [-0.05, 0) is 45.7 Å². The van der Waals surface area contributed by atoms with Gasteiger partial charge in [0.15, 0.2) is 17.5 Å². The lowest BCUT2D eigenvalue weighted by atomic mass is 10.0. The molecule has 1 aromatic rings. The van der Waals surface area contributed by atoms with E-state index in [1.54, 1.807) is 18.2 Å². The van der Waals surface area contributed by atoms with Crippen LogP contribution < -0.4 is 15.4 Å². The second-order valence-electron chi connectivity index (χ2n) is 7.23. The van der Waals surface area contributed by atoms with Gasteiger partial charge >= 0.3 is 0 Å². The molecule has 0 aromatic heterocycles. The summed E-state index contributed by atoms with van der Waals surface area (Å²) in [6.07, 6.45) is 1.95. The topological polar surface area (TPSA) is 48.9 Å². The number of hydrogen-bond donors (Lipinski definition) is 2. The molecule has 2 rings (SSSR count). The molecule has 5 nitrogen and oxygen atoms in total. The molecule has 0 spiro atoms. The average Bonchev–Trinajstić information content (AvgIpc) is 2.63. The number of benzene rings is 1. The second kappa shape index (κ2) is 10.9. The Morgan fingerprint density at radius 1 is 1.37 bits per heavy atom. The minimum atomic E-state index is -0.347. The van der Waals surface area contributed by atoms with Gasteiger partial charge in [0.2, 0.25) is 0 Å². The third-order valence-corrected chi connectivity index (χ3v) is 4.44. The van der Waals surface area contributed by atoms with E-state index < -0.39 is 0 Å². The zero-order valence-electron chi connectivity index (χ0n) is 16.8.